The maximum absolute atomic E-state index is 11.0. The minimum atomic E-state index is -0.365. The molecule has 4 unspecified atom stereocenters. The van der Waals surface area contributed by atoms with Gasteiger partial charge in [-0.05, 0) is 49.5 Å². The molecule has 0 heterocycles. The van der Waals surface area contributed by atoms with E-state index in [2.05, 4.69) is 10.5 Å². The number of benzene rings is 1. The van der Waals surface area contributed by atoms with Crippen LogP contribution in [0.5, 0.6) is 0 Å². The van der Waals surface area contributed by atoms with E-state index in [1.807, 2.05) is 0 Å². The van der Waals surface area contributed by atoms with Gasteiger partial charge < -0.3 is 0 Å². The van der Waals surface area contributed by atoms with Gasteiger partial charge in [0.2, 0.25) is 0 Å². The monoisotopic (exact) mass is 285 g/mol. The van der Waals surface area contributed by atoms with E-state index in [0.717, 1.165) is 24.2 Å². The van der Waals surface area contributed by atoms with Crippen molar-refractivity contribution in [3.8, 4) is 0 Å². The van der Waals surface area contributed by atoms with Crippen molar-refractivity contribution in [3.05, 3.63) is 34.4 Å². The van der Waals surface area contributed by atoms with Crippen molar-refractivity contribution in [2.75, 3.05) is 5.43 Å². The highest BCUT2D eigenvalue weighted by atomic mass is 16.6. The summed E-state index contributed by atoms with van der Waals surface area (Å²) in [7, 11) is 0. The Balaban J connectivity index is 1.54. The Morgan fingerprint density at radius 2 is 2.05 bits per heavy atom. The van der Waals surface area contributed by atoms with E-state index in [1.54, 1.807) is 18.2 Å². The van der Waals surface area contributed by atoms with Crippen LogP contribution in [0.3, 0.4) is 0 Å². The zero-order valence-corrected chi connectivity index (χ0v) is 11.9. The summed E-state index contributed by atoms with van der Waals surface area (Å²) in [4.78, 5) is 10.6. The second-order valence-corrected chi connectivity index (χ2v) is 6.55. The first kappa shape index (κ1) is 12.8. The molecule has 0 aliphatic heterocycles. The molecular formula is C16H19N3O2. The smallest absolute Gasteiger partial charge is 0.272 e. The zero-order valence-electron chi connectivity index (χ0n) is 11.9. The van der Waals surface area contributed by atoms with Crippen LogP contribution in [0.2, 0.25) is 0 Å². The van der Waals surface area contributed by atoms with Crippen LogP contribution in [0.25, 0.3) is 0 Å². The summed E-state index contributed by atoms with van der Waals surface area (Å²) in [5.74, 6) is 3.20. The number of para-hydroxylation sites is 2. The van der Waals surface area contributed by atoms with Crippen LogP contribution in [0.1, 0.15) is 32.1 Å². The average molecular weight is 285 g/mol. The summed E-state index contributed by atoms with van der Waals surface area (Å²) in [5.41, 5.74) is 4.76. The Bertz CT molecular complexity index is 613. The number of nitrogens with one attached hydrogen (secondary N) is 1. The maximum atomic E-state index is 11.0. The van der Waals surface area contributed by atoms with Crippen molar-refractivity contribution in [2.45, 2.75) is 32.1 Å². The molecule has 3 aliphatic carbocycles. The van der Waals surface area contributed by atoms with E-state index in [-0.39, 0.29) is 10.6 Å². The number of hydrazone groups is 1. The number of anilines is 1. The highest BCUT2D eigenvalue weighted by Gasteiger charge is 2.52. The van der Waals surface area contributed by atoms with Crippen molar-refractivity contribution >= 4 is 17.1 Å². The number of nitrogens with zero attached hydrogens (tertiary/aromatic N) is 2. The molecule has 110 valence electrons. The van der Waals surface area contributed by atoms with Crippen molar-refractivity contribution in [2.24, 2.45) is 28.8 Å². The molecule has 1 N–H and O–H groups in total. The van der Waals surface area contributed by atoms with Crippen molar-refractivity contribution in [1.82, 2.24) is 0 Å². The van der Waals surface area contributed by atoms with E-state index >= 15 is 0 Å². The summed E-state index contributed by atoms with van der Waals surface area (Å²) >= 11 is 0. The van der Waals surface area contributed by atoms with Gasteiger partial charge in [-0.25, -0.2) is 0 Å². The largest absolute Gasteiger partial charge is 0.294 e. The van der Waals surface area contributed by atoms with Gasteiger partial charge in [-0.15, -0.1) is 0 Å². The molecule has 0 radical (unpaired) electrons. The maximum Gasteiger partial charge on any atom is 0.294 e. The fourth-order valence-corrected chi connectivity index (χ4v) is 4.80. The Kier molecular flexibility index (Phi) is 2.94. The molecule has 1 aromatic rings. The van der Waals surface area contributed by atoms with Gasteiger partial charge in [0.25, 0.3) is 5.69 Å². The van der Waals surface area contributed by atoms with Gasteiger partial charge in [-0.1, -0.05) is 18.6 Å². The lowest BCUT2D eigenvalue weighted by Crippen LogP contribution is -2.25. The standard InChI is InChI=1S/C16H19N3O2/c20-19(21)16-7-2-1-6-14(16)17-18-15-9-10-8-13(15)12-5-3-4-11(10)12/h1-2,6-7,10-13,17H,3-5,8-9H2/b18-15-. The lowest BCUT2D eigenvalue weighted by atomic mass is 9.81. The van der Waals surface area contributed by atoms with Crippen LogP contribution in [0.15, 0.2) is 29.4 Å². The topological polar surface area (TPSA) is 67.5 Å². The van der Waals surface area contributed by atoms with Crippen molar-refractivity contribution in [3.63, 3.8) is 0 Å². The Hall–Kier alpha value is -1.91. The highest BCUT2D eigenvalue weighted by Crippen LogP contribution is 2.57. The lowest BCUT2D eigenvalue weighted by Gasteiger charge is -2.25. The third-order valence-electron chi connectivity index (χ3n) is 5.62. The summed E-state index contributed by atoms with van der Waals surface area (Å²) in [5, 5.41) is 15.6. The fraction of sp³-hybridized carbons (Fsp3) is 0.562. The molecule has 0 aromatic heterocycles. The minimum absolute atomic E-state index is 0.0868. The number of hydrogen-bond donors (Lipinski definition) is 1. The number of fused-ring (bicyclic) bond motifs is 5. The molecular weight excluding hydrogens is 266 g/mol. The second-order valence-electron chi connectivity index (χ2n) is 6.55. The fourth-order valence-electron chi connectivity index (χ4n) is 4.80. The van der Waals surface area contributed by atoms with Crippen LogP contribution in [0, 0.1) is 33.8 Å². The third kappa shape index (κ3) is 2.03. The first-order chi connectivity index (χ1) is 10.2. The van der Waals surface area contributed by atoms with E-state index in [9.17, 15) is 10.1 Å². The van der Waals surface area contributed by atoms with Crippen LogP contribution in [-0.4, -0.2) is 10.6 Å². The molecule has 4 atom stereocenters. The number of hydrogen-bond acceptors (Lipinski definition) is 4. The number of nitro benzene ring substituents is 1. The molecule has 2 bridgehead atoms. The van der Waals surface area contributed by atoms with E-state index in [1.165, 1.54) is 37.5 Å². The first-order valence-corrected chi connectivity index (χ1v) is 7.80. The van der Waals surface area contributed by atoms with Gasteiger partial charge in [-0.3, -0.25) is 15.5 Å². The highest BCUT2D eigenvalue weighted by molar-refractivity contribution is 5.91. The normalized spacial score (nSPS) is 35.1. The van der Waals surface area contributed by atoms with E-state index < -0.39 is 0 Å². The van der Waals surface area contributed by atoms with Crippen LogP contribution >= 0.6 is 0 Å². The van der Waals surface area contributed by atoms with Gasteiger partial charge in [0, 0.05) is 17.7 Å². The Morgan fingerprint density at radius 1 is 1.24 bits per heavy atom. The summed E-state index contributed by atoms with van der Waals surface area (Å²) in [6.45, 7) is 0. The molecule has 4 rings (SSSR count). The van der Waals surface area contributed by atoms with Gasteiger partial charge in [0.05, 0.1) is 4.92 Å². The molecule has 0 saturated heterocycles. The predicted octanol–water partition coefficient (Wildman–Crippen LogP) is 3.82. The number of rotatable bonds is 3. The van der Waals surface area contributed by atoms with Crippen LogP contribution in [0.4, 0.5) is 11.4 Å². The second kappa shape index (κ2) is 4.83. The molecule has 1 aromatic carbocycles. The quantitative estimate of drug-likeness (QED) is 0.678. The van der Waals surface area contributed by atoms with Crippen LogP contribution < -0.4 is 5.43 Å². The molecule has 3 aliphatic rings. The van der Waals surface area contributed by atoms with Gasteiger partial charge in [0.15, 0.2) is 0 Å². The third-order valence-corrected chi connectivity index (χ3v) is 5.62. The Morgan fingerprint density at radius 3 is 2.90 bits per heavy atom. The molecule has 3 saturated carbocycles. The summed E-state index contributed by atoms with van der Waals surface area (Å²) in [6.07, 6.45) is 6.48. The molecule has 3 fully saturated rings. The number of nitro groups is 1. The van der Waals surface area contributed by atoms with E-state index in [4.69, 9.17) is 0 Å². The molecule has 0 amide bonds. The average Bonchev–Trinajstić information content (AvgIpc) is 3.17. The zero-order chi connectivity index (χ0) is 14.4. The molecule has 5 heteroatoms. The van der Waals surface area contributed by atoms with E-state index in [0.29, 0.717) is 11.6 Å². The van der Waals surface area contributed by atoms with Crippen molar-refractivity contribution < 1.29 is 4.92 Å². The molecule has 5 nitrogen and oxygen atoms in total. The van der Waals surface area contributed by atoms with Gasteiger partial charge in [-0.2, -0.15) is 5.10 Å². The first-order valence-electron chi connectivity index (χ1n) is 7.80. The van der Waals surface area contributed by atoms with Gasteiger partial charge >= 0.3 is 0 Å². The van der Waals surface area contributed by atoms with Crippen molar-refractivity contribution in [1.29, 1.82) is 0 Å². The van der Waals surface area contributed by atoms with Crippen LogP contribution in [-0.2, 0) is 0 Å². The predicted molar refractivity (Wildman–Crippen MR) is 81.2 cm³/mol. The Labute approximate surface area is 123 Å². The minimum Gasteiger partial charge on any atom is -0.272 e. The summed E-state index contributed by atoms with van der Waals surface area (Å²) in [6, 6.07) is 6.70. The SMILES string of the molecule is O=[N+]([O-])c1ccccc1N/N=C1/CC2CC1C1CCCC21. The van der Waals surface area contributed by atoms with Gasteiger partial charge in [0.1, 0.15) is 5.69 Å². The molecule has 21 heavy (non-hydrogen) atoms. The summed E-state index contributed by atoms with van der Waals surface area (Å²) < 4.78 is 0. The lowest BCUT2D eigenvalue weighted by molar-refractivity contribution is -0.384. The molecule has 0 spiro atoms.